The molecule has 2 aromatic carbocycles. The standard InChI is InChI=1S/C21H22N4O3S/c1-14-8-9-15(2)17(10-14)28-12-18-22-21(25-24-18)29-13-20(27)23-19(26)11-16-6-4-3-5-7-16/h3-10H,11-13H2,1-2H3,(H,22,24,25)(H,23,26,27). The van der Waals surface area contributed by atoms with Gasteiger partial charge in [-0.25, -0.2) is 4.98 Å². The maximum Gasteiger partial charge on any atom is 0.237 e. The molecule has 2 amide bonds. The average Bonchev–Trinajstić information content (AvgIpc) is 3.16. The molecule has 7 nitrogen and oxygen atoms in total. The van der Waals surface area contributed by atoms with Crippen molar-refractivity contribution in [3.63, 3.8) is 0 Å². The molecule has 0 spiro atoms. The second-order valence-corrected chi connectivity index (χ2v) is 7.49. The predicted octanol–water partition coefficient (Wildman–Crippen LogP) is 2.98. The number of aryl methyl sites for hydroxylation is 2. The molecule has 0 bridgehead atoms. The van der Waals surface area contributed by atoms with Crippen LogP contribution in [0.1, 0.15) is 22.5 Å². The Balaban J connectivity index is 1.43. The van der Waals surface area contributed by atoms with Gasteiger partial charge in [0.15, 0.2) is 5.82 Å². The van der Waals surface area contributed by atoms with Crippen LogP contribution in [0.2, 0.25) is 0 Å². The van der Waals surface area contributed by atoms with E-state index in [1.165, 1.54) is 0 Å². The second kappa shape index (κ2) is 9.88. The number of aromatic amines is 1. The van der Waals surface area contributed by atoms with Crippen molar-refractivity contribution in [1.82, 2.24) is 20.5 Å². The van der Waals surface area contributed by atoms with Gasteiger partial charge in [-0.3, -0.25) is 20.0 Å². The van der Waals surface area contributed by atoms with Crippen LogP contribution in [-0.4, -0.2) is 32.7 Å². The average molecular weight is 410 g/mol. The minimum Gasteiger partial charge on any atom is -0.485 e. The van der Waals surface area contributed by atoms with Crippen LogP contribution in [0.15, 0.2) is 53.7 Å². The molecule has 29 heavy (non-hydrogen) atoms. The lowest BCUT2D eigenvalue weighted by atomic mass is 10.1. The molecule has 0 unspecified atom stereocenters. The van der Waals surface area contributed by atoms with Crippen LogP contribution in [0, 0.1) is 13.8 Å². The van der Waals surface area contributed by atoms with Gasteiger partial charge in [-0.05, 0) is 36.6 Å². The van der Waals surface area contributed by atoms with Gasteiger partial charge >= 0.3 is 0 Å². The number of aromatic nitrogens is 3. The van der Waals surface area contributed by atoms with Crippen molar-refractivity contribution in [1.29, 1.82) is 0 Å². The number of benzene rings is 2. The number of rotatable bonds is 8. The third-order valence-corrected chi connectivity index (χ3v) is 4.89. The fraction of sp³-hybridized carbons (Fsp3) is 0.238. The molecule has 1 aromatic heterocycles. The predicted molar refractivity (Wildman–Crippen MR) is 111 cm³/mol. The van der Waals surface area contributed by atoms with Crippen LogP contribution in [0.4, 0.5) is 0 Å². The van der Waals surface area contributed by atoms with Crippen LogP contribution < -0.4 is 10.1 Å². The Kier molecular flexibility index (Phi) is 7.02. The van der Waals surface area contributed by atoms with Crippen molar-refractivity contribution >= 4 is 23.6 Å². The molecule has 0 atom stereocenters. The van der Waals surface area contributed by atoms with Gasteiger partial charge in [-0.2, -0.15) is 0 Å². The zero-order chi connectivity index (χ0) is 20.6. The van der Waals surface area contributed by atoms with Gasteiger partial charge in [0.05, 0.1) is 12.2 Å². The van der Waals surface area contributed by atoms with Crippen molar-refractivity contribution in [2.24, 2.45) is 0 Å². The summed E-state index contributed by atoms with van der Waals surface area (Å²) in [4.78, 5) is 28.2. The molecule has 0 saturated heterocycles. The molecule has 0 radical (unpaired) electrons. The van der Waals surface area contributed by atoms with Crippen LogP contribution in [-0.2, 0) is 22.6 Å². The summed E-state index contributed by atoms with van der Waals surface area (Å²) in [5, 5.41) is 9.67. The first-order valence-electron chi connectivity index (χ1n) is 9.10. The fourth-order valence-corrected chi connectivity index (χ4v) is 3.18. The van der Waals surface area contributed by atoms with Crippen LogP contribution in [0.3, 0.4) is 0 Å². The van der Waals surface area contributed by atoms with Gasteiger partial charge in [-0.1, -0.05) is 54.2 Å². The molecule has 0 aliphatic rings. The van der Waals surface area contributed by atoms with Gasteiger partial charge in [0.25, 0.3) is 0 Å². The normalized spacial score (nSPS) is 10.6. The van der Waals surface area contributed by atoms with Gasteiger partial charge in [-0.15, -0.1) is 5.10 Å². The molecule has 3 aromatic rings. The topological polar surface area (TPSA) is 97.0 Å². The lowest BCUT2D eigenvalue weighted by molar-refractivity contribution is -0.128. The maximum atomic E-state index is 12.0. The summed E-state index contributed by atoms with van der Waals surface area (Å²) in [6.45, 7) is 4.24. The molecule has 3 rings (SSSR count). The third kappa shape index (κ3) is 6.46. The number of hydrogen-bond donors (Lipinski definition) is 2. The van der Waals surface area contributed by atoms with Crippen LogP contribution in [0.5, 0.6) is 5.75 Å². The van der Waals surface area contributed by atoms with Crippen molar-refractivity contribution in [3.05, 3.63) is 71.0 Å². The Morgan fingerprint density at radius 1 is 1.10 bits per heavy atom. The first-order chi connectivity index (χ1) is 14.0. The lowest BCUT2D eigenvalue weighted by Crippen LogP contribution is -2.33. The quantitative estimate of drug-likeness (QED) is 0.554. The Morgan fingerprint density at radius 3 is 2.69 bits per heavy atom. The smallest absolute Gasteiger partial charge is 0.237 e. The van der Waals surface area contributed by atoms with E-state index in [0.29, 0.717) is 11.0 Å². The molecular weight excluding hydrogens is 388 g/mol. The summed E-state index contributed by atoms with van der Waals surface area (Å²) >= 11 is 1.15. The molecular formula is C21H22N4O3S. The van der Waals surface area contributed by atoms with E-state index in [0.717, 1.165) is 34.2 Å². The maximum absolute atomic E-state index is 12.0. The number of carbonyl (C=O) groups excluding carboxylic acids is 2. The lowest BCUT2D eigenvalue weighted by Gasteiger charge is -2.08. The van der Waals surface area contributed by atoms with E-state index in [1.54, 1.807) is 0 Å². The van der Waals surface area contributed by atoms with E-state index < -0.39 is 0 Å². The Morgan fingerprint density at radius 2 is 1.90 bits per heavy atom. The number of amides is 2. The molecule has 150 valence electrons. The van der Waals surface area contributed by atoms with Crippen molar-refractivity contribution < 1.29 is 14.3 Å². The monoisotopic (exact) mass is 410 g/mol. The van der Waals surface area contributed by atoms with E-state index in [-0.39, 0.29) is 30.6 Å². The molecule has 1 heterocycles. The summed E-state index contributed by atoms with van der Waals surface area (Å²) < 4.78 is 5.78. The first kappa shape index (κ1) is 20.6. The zero-order valence-electron chi connectivity index (χ0n) is 16.3. The Bertz CT molecular complexity index is 989. The summed E-state index contributed by atoms with van der Waals surface area (Å²) in [7, 11) is 0. The minimum absolute atomic E-state index is 0.0513. The zero-order valence-corrected chi connectivity index (χ0v) is 17.1. The highest BCUT2D eigenvalue weighted by Crippen LogP contribution is 2.20. The molecule has 8 heteroatoms. The van der Waals surface area contributed by atoms with Crippen molar-refractivity contribution in [3.8, 4) is 5.75 Å². The summed E-state index contributed by atoms with van der Waals surface area (Å²) in [6.07, 6.45) is 0.164. The summed E-state index contributed by atoms with van der Waals surface area (Å²) in [6, 6.07) is 15.3. The fourth-order valence-electron chi connectivity index (χ4n) is 2.56. The number of ether oxygens (including phenoxy) is 1. The second-order valence-electron chi connectivity index (χ2n) is 6.54. The SMILES string of the molecule is Cc1ccc(C)c(OCc2nc(SCC(=O)NC(=O)Cc3ccccc3)n[nH]2)c1. The third-order valence-electron chi connectivity index (χ3n) is 4.04. The van der Waals surface area contributed by atoms with Gasteiger partial charge < -0.3 is 4.74 Å². The summed E-state index contributed by atoms with van der Waals surface area (Å²) in [5.74, 6) is 0.699. The highest BCUT2D eigenvalue weighted by atomic mass is 32.2. The highest BCUT2D eigenvalue weighted by molar-refractivity contribution is 7.99. The number of nitrogens with zero attached hydrogens (tertiary/aromatic N) is 2. The van der Waals surface area contributed by atoms with Gasteiger partial charge in [0.1, 0.15) is 12.4 Å². The first-order valence-corrected chi connectivity index (χ1v) is 10.1. The molecule has 0 saturated carbocycles. The van der Waals surface area contributed by atoms with Crippen molar-refractivity contribution in [2.75, 3.05) is 5.75 Å². The van der Waals surface area contributed by atoms with E-state index in [2.05, 4.69) is 20.5 Å². The van der Waals surface area contributed by atoms with E-state index in [9.17, 15) is 9.59 Å². The largest absolute Gasteiger partial charge is 0.485 e. The molecule has 0 aliphatic heterocycles. The van der Waals surface area contributed by atoms with Crippen LogP contribution in [0.25, 0.3) is 0 Å². The number of hydrogen-bond acceptors (Lipinski definition) is 6. The number of nitrogens with one attached hydrogen (secondary N) is 2. The molecule has 0 aliphatic carbocycles. The van der Waals surface area contributed by atoms with E-state index in [1.807, 2.05) is 62.4 Å². The number of imide groups is 1. The Labute approximate surface area is 173 Å². The molecule has 0 fully saturated rings. The summed E-state index contributed by atoms with van der Waals surface area (Å²) in [5.41, 5.74) is 3.02. The highest BCUT2D eigenvalue weighted by Gasteiger charge is 2.12. The van der Waals surface area contributed by atoms with E-state index >= 15 is 0 Å². The van der Waals surface area contributed by atoms with Crippen LogP contribution >= 0.6 is 11.8 Å². The Hall–Kier alpha value is -3.13. The number of thioether (sulfide) groups is 1. The minimum atomic E-state index is -0.381. The van der Waals surface area contributed by atoms with Gasteiger partial charge in [0.2, 0.25) is 17.0 Å². The van der Waals surface area contributed by atoms with Gasteiger partial charge in [0, 0.05) is 0 Å². The molecule has 2 N–H and O–H groups in total. The number of carbonyl (C=O) groups is 2. The van der Waals surface area contributed by atoms with Crippen molar-refractivity contribution in [2.45, 2.75) is 32.0 Å². The van der Waals surface area contributed by atoms with E-state index in [4.69, 9.17) is 4.74 Å². The number of H-pyrrole nitrogens is 1.